The van der Waals surface area contributed by atoms with Gasteiger partial charge in [0, 0.05) is 12.2 Å². The molecule has 0 unspecified atom stereocenters. The minimum absolute atomic E-state index is 0.569. The Morgan fingerprint density at radius 1 is 1.37 bits per heavy atom. The van der Waals surface area contributed by atoms with Gasteiger partial charge >= 0.3 is 0 Å². The van der Waals surface area contributed by atoms with Crippen molar-refractivity contribution in [2.75, 3.05) is 5.73 Å². The van der Waals surface area contributed by atoms with Crippen LogP contribution in [0.4, 0.5) is 5.69 Å². The number of nitrogens with zero attached hydrogens (tertiary/aromatic N) is 4. The third-order valence-corrected chi connectivity index (χ3v) is 3.27. The fourth-order valence-corrected chi connectivity index (χ4v) is 2.23. The highest BCUT2D eigenvalue weighted by Gasteiger charge is 2.15. The van der Waals surface area contributed by atoms with Gasteiger partial charge in [-0.05, 0) is 41.3 Å². The van der Waals surface area contributed by atoms with Crippen molar-refractivity contribution in [3.8, 4) is 11.4 Å². The number of aromatic nitrogens is 4. The third-order valence-electron chi connectivity index (χ3n) is 2.95. The first-order chi connectivity index (χ1) is 9.09. The zero-order valence-corrected chi connectivity index (χ0v) is 11.9. The molecule has 102 valence electrons. The topological polar surface area (TPSA) is 69.6 Å². The number of benzene rings is 1. The van der Waals surface area contributed by atoms with E-state index in [9.17, 15) is 0 Å². The Kier molecular flexibility index (Phi) is 4.37. The molecule has 0 aliphatic heterocycles. The number of halogens is 1. The standard InChI is InChI=1S/C13H18ClN5/c1-9(2)5-4-8-19-13(16-17-18-19)12-10(14)6-3-7-11(12)15/h3,6-7,9H,4-5,8,15H2,1-2H3. The van der Waals surface area contributed by atoms with E-state index >= 15 is 0 Å². The summed E-state index contributed by atoms with van der Waals surface area (Å²) in [5, 5.41) is 12.4. The number of hydrogen-bond acceptors (Lipinski definition) is 4. The van der Waals surface area contributed by atoms with Gasteiger partial charge in [-0.1, -0.05) is 31.5 Å². The minimum atomic E-state index is 0.569. The van der Waals surface area contributed by atoms with Gasteiger partial charge in [-0.3, -0.25) is 0 Å². The van der Waals surface area contributed by atoms with Gasteiger partial charge in [-0.2, -0.15) is 0 Å². The summed E-state index contributed by atoms with van der Waals surface area (Å²) < 4.78 is 1.76. The molecule has 0 radical (unpaired) electrons. The van der Waals surface area contributed by atoms with Crippen LogP contribution in [0.15, 0.2) is 18.2 Å². The fourth-order valence-electron chi connectivity index (χ4n) is 1.96. The number of nitrogens with two attached hydrogens (primary N) is 1. The maximum atomic E-state index is 6.19. The molecule has 6 heteroatoms. The number of nitrogen functional groups attached to an aromatic ring is 1. The Hall–Kier alpha value is -1.62. The van der Waals surface area contributed by atoms with Gasteiger partial charge in [0.2, 0.25) is 0 Å². The van der Waals surface area contributed by atoms with Crippen molar-refractivity contribution in [1.29, 1.82) is 0 Å². The molecule has 0 amide bonds. The number of hydrogen-bond donors (Lipinski definition) is 1. The Labute approximate surface area is 117 Å². The van der Waals surface area contributed by atoms with Crippen molar-refractivity contribution in [2.45, 2.75) is 33.2 Å². The summed E-state index contributed by atoms with van der Waals surface area (Å²) in [6.45, 7) is 5.17. The van der Waals surface area contributed by atoms with Gasteiger partial charge < -0.3 is 5.73 Å². The van der Waals surface area contributed by atoms with Crippen LogP contribution in [-0.2, 0) is 6.54 Å². The van der Waals surface area contributed by atoms with Crippen LogP contribution in [0, 0.1) is 5.92 Å². The highest BCUT2D eigenvalue weighted by atomic mass is 35.5. The zero-order chi connectivity index (χ0) is 13.8. The molecule has 1 aromatic heterocycles. The van der Waals surface area contributed by atoms with E-state index in [1.807, 2.05) is 6.07 Å². The molecule has 2 N–H and O–H groups in total. The van der Waals surface area contributed by atoms with E-state index in [-0.39, 0.29) is 0 Å². The lowest BCUT2D eigenvalue weighted by atomic mass is 10.1. The summed E-state index contributed by atoms with van der Waals surface area (Å²) in [7, 11) is 0. The van der Waals surface area contributed by atoms with Crippen molar-refractivity contribution in [1.82, 2.24) is 20.2 Å². The molecule has 0 aliphatic carbocycles. The molecule has 5 nitrogen and oxygen atoms in total. The van der Waals surface area contributed by atoms with Gasteiger partial charge in [0.25, 0.3) is 0 Å². The average molecular weight is 280 g/mol. The lowest BCUT2D eigenvalue weighted by Gasteiger charge is -2.09. The van der Waals surface area contributed by atoms with E-state index in [2.05, 4.69) is 29.4 Å². The lowest BCUT2D eigenvalue weighted by molar-refractivity contribution is 0.485. The monoisotopic (exact) mass is 279 g/mol. The first kappa shape index (κ1) is 13.8. The van der Waals surface area contributed by atoms with Gasteiger partial charge in [0.15, 0.2) is 5.82 Å². The molecule has 0 bridgehead atoms. The highest BCUT2D eigenvalue weighted by Crippen LogP contribution is 2.31. The number of aryl methyl sites for hydroxylation is 1. The van der Waals surface area contributed by atoms with Crippen LogP contribution < -0.4 is 5.73 Å². The summed E-state index contributed by atoms with van der Waals surface area (Å²) in [5.41, 5.74) is 7.26. The largest absolute Gasteiger partial charge is 0.398 e. The van der Waals surface area contributed by atoms with Crippen molar-refractivity contribution in [2.24, 2.45) is 5.92 Å². The average Bonchev–Trinajstić information content (AvgIpc) is 2.77. The molecular formula is C13H18ClN5. The van der Waals surface area contributed by atoms with E-state index in [1.54, 1.807) is 16.8 Å². The molecule has 1 heterocycles. The second kappa shape index (κ2) is 6.02. The SMILES string of the molecule is CC(C)CCCn1nnnc1-c1c(N)cccc1Cl. The van der Waals surface area contributed by atoms with Crippen molar-refractivity contribution in [3.63, 3.8) is 0 Å². The maximum absolute atomic E-state index is 6.19. The predicted molar refractivity (Wildman–Crippen MR) is 76.7 cm³/mol. The summed E-state index contributed by atoms with van der Waals surface area (Å²) in [6, 6.07) is 5.41. The number of anilines is 1. The molecule has 0 atom stereocenters. The predicted octanol–water partition coefficient (Wildman–Crippen LogP) is 3.01. The molecule has 0 fully saturated rings. The molecule has 0 spiro atoms. The Balaban J connectivity index is 2.24. The molecule has 0 saturated carbocycles. The van der Waals surface area contributed by atoms with E-state index in [4.69, 9.17) is 17.3 Å². The first-order valence-electron chi connectivity index (χ1n) is 6.40. The molecule has 0 aliphatic rings. The fraction of sp³-hybridized carbons (Fsp3) is 0.462. The second-order valence-corrected chi connectivity index (χ2v) is 5.37. The Morgan fingerprint density at radius 3 is 2.84 bits per heavy atom. The van der Waals surface area contributed by atoms with Crippen molar-refractivity contribution in [3.05, 3.63) is 23.2 Å². The van der Waals surface area contributed by atoms with Crippen molar-refractivity contribution >= 4 is 17.3 Å². The quantitative estimate of drug-likeness (QED) is 0.854. The van der Waals surface area contributed by atoms with E-state index in [1.165, 1.54) is 0 Å². The second-order valence-electron chi connectivity index (χ2n) is 4.97. The molecule has 2 aromatic rings. The minimum Gasteiger partial charge on any atom is -0.398 e. The Morgan fingerprint density at radius 2 is 2.16 bits per heavy atom. The van der Waals surface area contributed by atoms with E-state index in [0.717, 1.165) is 19.4 Å². The lowest BCUT2D eigenvalue weighted by Crippen LogP contribution is -2.05. The van der Waals surface area contributed by atoms with Crippen molar-refractivity contribution < 1.29 is 0 Å². The van der Waals surface area contributed by atoms with E-state index < -0.39 is 0 Å². The molecule has 1 aromatic carbocycles. The van der Waals surface area contributed by atoms with Gasteiger partial charge in [0.05, 0.1) is 10.6 Å². The molecule has 19 heavy (non-hydrogen) atoms. The number of tetrazole rings is 1. The smallest absolute Gasteiger partial charge is 0.185 e. The highest BCUT2D eigenvalue weighted by molar-refractivity contribution is 6.33. The summed E-state index contributed by atoms with van der Waals surface area (Å²) in [4.78, 5) is 0. The third kappa shape index (κ3) is 3.23. The number of rotatable bonds is 5. The van der Waals surface area contributed by atoms with Crippen LogP contribution in [-0.4, -0.2) is 20.2 Å². The van der Waals surface area contributed by atoms with Gasteiger partial charge in [-0.15, -0.1) is 5.10 Å². The maximum Gasteiger partial charge on any atom is 0.185 e. The van der Waals surface area contributed by atoms with Crippen LogP contribution in [0.25, 0.3) is 11.4 Å². The Bertz CT molecular complexity index is 529. The summed E-state index contributed by atoms with van der Waals surface area (Å²) in [5.74, 6) is 1.30. The zero-order valence-electron chi connectivity index (χ0n) is 11.2. The van der Waals surface area contributed by atoms with Crippen LogP contribution in [0.5, 0.6) is 0 Å². The van der Waals surface area contributed by atoms with Crippen LogP contribution in [0.3, 0.4) is 0 Å². The van der Waals surface area contributed by atoms with Crippen LogP contribution in [0.2, 0.25) is 5.02 Å². The normalized spacial score (nSPS) is 11.2. The molecular weight excluding hydrogens is 262 g/mol. The van der Waals surface area contributed by atoms with Crippen LogP contribution in [0.1, 0.15) is 26.7 Å². The summed E-state index contributed by atoms with van der Waals surface area (Å²) in [6.07, 6.45) is 2.16. The first-order valence-corrected chi connectivity index (χ1v) is 6.78. The molecule has 0 saturated heterocycles. The van der Waals surface area contributed by atoms with Gasteiger partial charge in [0.1, 0.15) is 0 Å². The van der Waals surface area contributed by atoms with E-state index in [0.29, 0.717) is 28.0 Å². The van der Waals surface area contributed by atoms with Gasteiger partial charge in [-0.25, -0.2) is 4.68 Å². The summed E-state index contributed by atoms with van der Waals surface area (Å²) >= 11 is 6.19. The molecule has 2 rings (SSSR count). The van der Waals surface area contributed by atoms with Crippen LogP contribution >= 0.6 is 11.6 Å².